The Morgan fingerprint density at radius 3 is 2.22 bits per heavy atom. The summed E-state index contributed by atoms with van der Waals surface area (Å²) in [6, 6.07) is 24.1. The second kappa shape index (κ2) is 10.0. The average molecular weight is 431 g/mol. The summed E-state index contributed by atoms with van der Waals surface area (Å²) in [5, 5.41) is 0. The molecule has 4 rings (SSSR count). The zero-order chi connectivity index (χ0) is 22.3. The van der Waals surface area contributed by atoms with Gasteiger partial charge in [-0.1, -0.05) is 66.7 Å². The van der Waals surface area contributed by atoms with Crippen molar-refractivity contribution in [1.29, 1.82) is 0 Å². The number of fused-ring (bicyclic) bond motifs is 1. The molecule has 1 heterocycles. The van der Waals surface area contributed by atoms with Crippen molar-refractivity contribution in [3.05, 3.63) is 101 Å². The van der Waals surface area contributed by atoms with Crippen LogP contribution in [0.1, 0.15) is 28.3 Å². The van der Waals surface area contributed by atoms with Crippen LogP contribution < -0.4 is 4.74 Å². The summed E-state index contributed by atoms with van der Waals surface area (Å²) in [6.45, 7) is 0.948. The highest BCUT2D eigenvalue weighted by Crippen LogP contribution is 2.34. The van der Waals surface area contributed by atoms with E-state index in [0.717, 1.165) is 28.0 Å². The number of hydrogen-bond donors (Lipinski definition) is 0. The van der Waals surface area contributed by atoms with E-state index >= 15 is 0 Å². The summed E-state index contributed by atoms with van der Waals surface area (Å²) < 4.78 is 16.4. The van der Waals surface area contributed by atoms with Gasteiger partial charge >= 0.3 is 12.1 Å². The minimum atomic E-state index is -0.852. The van der Waals surface area contributed by atoms with Crippen molar-refractivity contribution in [1.82, 2.24) is 4.90 Å². The first kappa shape index (κ1) is 21.4. The molecule has 3 aromatic rings. The second-order valence-electron chi connectivity index (χ2n) is 7.54. The standard InChI is InChI=1S/C26H25NO5/c1-30-25(28)24-23-13-12-22(31-17-19-8-4-2-5-9-19)16-21(23)14-15-27(24)26(29)32-18-20-10-6-3-7-11-20/h2-13,16,24H,14-15,17-18H2,1H3. The molecule has 0 spiro atoms. The molecule has 1 aliphatic rings. The van der Waals surface area contributed by atoms with Crippen LogP contribution in [0, 0.1) is 0 Å². The number of benzene rings is 3. The van der Waals surface area contributed by atoms with Crippen molar-refractivity contribution in [2.75, 3.05) is 13.7 Å². The minimum absolute atomic E-state index is 0.142. The van der Waals surface area contributed by atoms with Crippen LogP contribution in [0.5, 0.6) is 5.75 Å². The van der Waals surface area contributed by atoms with Gasteiger partial charge in [-0.3, -0.25) is 4.90 Å². The van der Waals surface area contributed by atoms with Gasteiger partial charge in [0.1, 0.15) is 19.0 Å². The zero-order valence-electron chi connectivity index (χ0n) is 17.9. The van der Waals surface area contributed by atoms with Crippen LogP contribution in [-0.4, -0.2) is 30.6 Å². The Labute approximate surface area is 187 Å². The quantitative estimate of drug-likeness (QED) is 0.531. The van der Waals surface area contributed by atoms with E-state index in [1.807, 2.05) is 78.9 Å². The molecule has 1 amide bonds. The monoisotopic (exact) mass is 431 g/mol. The van der Waals surface area contributed by atoms with E-state index < -0.39 is 18.1 Å². The highest BCUT2D eigenvalue weighted by atomic mass is 16.6. The predicted molar refractivity (Wildman–Crippen MR) is 119 cm³/mol. The van der Waals surface area contributed by atoms with Crippen molar-refractivity contribution in [3.63, 3.8) is 0 Å². The van der Waals surface area contributed by atoms with E-state index in [4.69, 9.17) is 14.2 Å². The average Bonchev–Trinajstić information content (AvgIpc) is 2.86. The third kappa shape index (κ3) is 4.91. The Bertz CT molecular complexity index is 1070. The highest BCUT2D eigenvalue weighted by molar-refractivity contribution is 5.84. The number of methoxy groups -OCH3 is 1. The van der Waals surface area contributed by atoms with Crippen LogP contribution >= 0.6 is 0 Å². The summed E-state index contributed by atoms with van der Waals surface area (Å²) in [5.74, 6) is 0.219. The molecule has 1 atom stereocenters. The van der Waals surface area contributed by atoms with Crippen LogP contribution in [0.25, 0.3) is 0 Å². The van der Waals surface area contributed by atoms with Gasteiger partial charge in [-0.15, -0.1) is 0 Å². The van der Waals surface area contributed by atoms with Gasteiger partial charge < -0.3 is 14.2 Å². The second-order valence-corrected chi connectivity index (χ2v) is 7.54. The SMILES string of the molecule is COC(=O)C1c2ccc(OCc3ccccc3)cc2CCN1C(=O)OCc1ccccc1. The maximum Gasteiger partial charge on any atom is 0.411 e. The molecule has 0 saturated carbocycles. The van der Waals surface area contributed by atoms with Crippen LogP contribution in [0.2, 0.25) is 0 Å². The number of esters is 1. The summed E-state index contributed by atoms with van der Waals surface area (Å²) in [5.41, 5.74) is 3.64. The first-order valence-electron chi connectivity index (χ1n) is 10.5. The normalized spacial score (nSPS) is 14.9. The lowest BCUT2D eigenvalue weighted by atomic mass is 9.92. The zero-order valence-corrected chi connectivity index (χ0v) is 17.9. The van der Waals surface area contributed by atoms with Gasteiger partial charge in [-0.05, 0) is 40.8 Å². The lowest BCUT2D eigenvalue weighted by Crippen LogP contribution is -2.44. The molecule has 164 valence electrons. The lowest BCUT2D eigenvalue weighted by Gasteiger charge is -2.34. The Hall–Kier alpha value is -3.80. The summed E-state index contributed by atoms with van der Waals surface area (Å²) in [4.78, 5) is 26.9. The number of amides is 1. The molecule has 1 unspecified atom stereocenters. The van der Waals surface area contributed by atoms with Crippen LogP contribution in [0.4, 0.5) is 4.79 Å². The Kier molecular flexibility index (Phi) is 6.70. The Morgan fingerprint density at radius 1 is 0.906 bits per heavy atom. The third-order valence-electron chi connectivity index (χ3n) is 5.46. The van der Waals surface area contributed by atoms with Crippen molar-refractivity contribution >= 4 is 12.1 Å². The number of nitrogens with zero attached hydrogens (tertiary/aromatic N) is 1. The van der Waals surface area contributed by atoms with Gasteiger partial charge in [0, 0.05) is 6.54 Å². The van der Waals surface area contributed by atoms with E-state index in [2.05, 4.69) is 0 Å². The van der Waals surface area contributed by atoms with Gasteiger partial charge in [0.25, 0.3) is 0 Å². The van der Waals surface area contributed by atoms with Crippen molar-refractivity contribution in [3.8, 4) is 5.75 Å². The smallest absolute Gasteiger partial charge is 0.411 e. The molecule has 0 aromatic heterocycles. The van der Waals surface area contributed by atoms with Crippen LogP contribution in [0.15, 0.2) is 78.9 Å². The molecule has 0 saturated heterocycles. The topological polar surface area (TPSA) is 65.1 Å². The summed E-state index contributed by atoms with van der Waals surface area (Å²) >= 11 is 0. The number of carbonyl (C=O) groups is 2. The molecule has 32 heavy (non-hydrogen) atoms. The Morgan fingerprint density at radius 2 is 1.56 bits per heavy atom. The maximum atomic E-state index is 12.8. The van der Waals surface area contributed by atoms with E-state index in [9.17, 15) is 9.59 Å². The Balaban J connectivity index is 1.49. The predicted octanol–water partition coefficient (Wildman–Crippen LogP) is 4.67. The fourth-order valence-corrected chi connectivity index (χ4v) is 3.80. The molecule has 0 fully saturated rings. The number of hydrogen-bond acceptors (Lipinski definition) is 5. The third-order valence-corrected chi connectivity index (χ3v) is 5.46. The van der Waals surface area contributed by atoms with E-state index in [0.29, 0.717) is 19.6 Å². The van der Waals surface area contributed by atoms with Crippen molar-refractivity contribution in [2.24, 2.45) is 0 Å². The van der Waals surface area contributed by atoms with E-state index in [-0.39, 0.29) is 6.61 Å². The molecule has 0 radical (unpaired) electrons. The van der Waals surface area contributed by atoms with Crippen molar-refractivity contribution in [2.45, 2.75) is 25.7 Å². The molecule has 1 aliphatic heterocycles. The van der Waals surface area contributed by atoms with Crippen molar-refractivity contribution < 1.29 is 23.8 Å². The van der Waals surface area contributed by atoms with Gasteiger partial charge in [-0.2, -0.15) is 0 Å². The number of carbonyl (C=O) groups excluding carboxylic acids is 2. The summed E-state index contributed by atoms with van der Waals surface area (Å²) in [6.07, 6.45) is 0.0468. The van der Waals surface area contributed by atoms with E-state index in [1.165, 1.54) is 12.0 Å². The fourth-order valence-electron chi connectivity index (χ4n) is 3.80. The lowest BCUT2D eigenvalue weighted by molar-refractivity contribution is -0.147. The number of ether oxygens (including phenoxy) is 3. The summed E-state index contributed by atoms with van der Waals surface area (Å²) in [7, 11) is 1.32. The molecule has 0 N–H and O–H groups in total. The van der Waals surface area contributed by atoms with Gasteiger partial charge in [0.15, 0.2) is 6.04 Å². The molecule has 3 aromatic carbocycles. The molecule has 6 nitrogen and oxygen atoms in total. The molecular formula is C26H25NO5. The minimum Gasteiger partial charge on any atom is -0.489 e. The maximum absolute atomic E-state index is 12.8. The first-order chi connectivity index (χ1) is 15.7. The van der Waals surface area contributed by atoms with Gasteiger partial charge in [0.05, 0.1) is 7.11 Å². The fraction of sp³-hybridized carbons (Fsp3) is 0.231. The number of rotatable bonds is 6. The molecule has 0 aliphatic carbocycles. The molecule has 6 heteroatoms. The largest absolute Gasteiger partial charge is 0.489 e. The van der Waals surface area contributed by atoms with Crippen LogP contribution in [0.3, 0.4) is 0 Å². The first-order valence-corrected chi connectivity index (χ1v) is 10.5. The molecular weight excluding hydrogens is 406 g/mol. The van der Waals surface area contributed by atoms with Gasteiger partial charge in [-0.25, -0.2) is 9.59 Å². The van der Waals surface area contributed by atoms with Crippen LogP contribution in [-0.2, 0) is 33.9 Å². The highest BCUT2D eigenvalue weighted by Gasteiger charge is 2.37. The molecule has 0 bridgehead atoms. The van der Waals surface area contributed by atoms with Gasteiger partial charge in [0.2, 0.25) is 0 Å². The van der Waals surface area contributed by atoms with E-state index in [1.54, 1.807) is 0 Å².